The number of carbonyl (C=O) groups is 2. The lowest BCUT2D eigenvalue weighted by molar-refractivity contribution is -0.143. The molecule has 3 N–H and O–H groups in total. The molecule has 0 fully saturated rings. The molecule has 86 heavy (non-hydrogen) atoms. The lowest BCUT2D eigenvalue weighted by Gasteiger charge is -2.22. The molecule has 0 aromatic rings. The van der Waals surface area contributed by atoms with Crippen LogP contribution < -0.4 is 5.32 Å². The van der Waals surface area contributed by atoms with Gasteiger partial charge in [-0.25, -0.2) is 0 Å². The lowest BCUT2D eigenvalue weighted by Crippen LogP contribution is -2.45. The maximum Gasteiger partial charge on any atom is 0.305 e. The van der Waals surface area contributed by atoms with Crippen LogP contribution in [0.2, 0.25) is 0 Å². The Balaban J connectivity index is 3.34. The van der Waals surface area contributed by atoms with Gasteiger partial charge in [0.1, 0.15) is 0 Å². The van der Waals surface area contributed by atoms with Crippen molar-refractivity contribution in [2.75, 3.05) is 13.2 Å². The first-order valence-electron chi connectivity index (χ1n) is 39.9. The van der Waals surface area contributed by atoms with E-state index in [4.69, 9.17) is 4.74 Å². The first-order valence-corrected chi connectivity index (χ1v) is 39.9. The zero-order valence-corrected chi connectivity index (χ0v) is 58.8. The van der Waals surface area contributed by atoms with Gasteiger partial charge in [-0.2, -0.15) is 0 Å². The first kappa shape index (κ1) is 84.6. The third-order valence-corrected chi connectivity index (χ3v) is 19.1. The van der Waals surface area contributed by atoms with E-state index in [9.17, 15) is 19.8 Å². The van der Waals surface area contributed by atoms with Crippen LogP contribution in [0, 0.1) is 0 Å². The van der Waals surface area contributed by atoms with Gasteiger partial charge in [-0.05, 0) is 51.4 Å². The van der Waals surface area contributed by atoms with E-state index in [1.54, 1.807) is 0 Å². The first-order chi connectivity index (χ1) is 42.5. The second kappa shape index (κ2) is 76.1. The van der Waals surface area contributed by atoms with E-state index in [1.807, 2.05) is 0 Å². The van der Waals surface area contributed by atoms with E-state index in [2.05, 4.69) is 31.3 Å². The maximum absolute atomic E-state index is 12.6. The minimum absolute atomic E-state index is 0.0229. The Morgan fingerprint density at radius 2 is 0.547 bits per heavy atom. The summed E-state index contributed by atoms with van der Waals surface area (Å²) in [5, 5.41) is 23.5. The van der Waals surface area contributed by atoms with Gasteiger partial charge < -0.3 is 20.3 Å². The summed E-state index contributed by atoms with van der Waals surface area (Å²) in [7, 11) is 0. The van der Waals surface area contributed by atoms with Gasteiger partial charge in [0, 0.05) is 12.8 Å². The topological polar surface area (TPSA) is 95.9 Å². The van der Waals surface area contributed by atoms with Crippen molar-refractivity contribution in [2.24, 2.45) is 0 Å². The van der Waals surface area contributed by atoms with Crippen LogP contribution in [0.4, 0.5) is 0 Å². The quantitative estimate of drug-likeness (QED) is 0.0320. The number of allylic oxidation sites excluding steroid dienone is 2. The normalized spacial score (nSPS) is 12.5. The Hall–Kier alpha value is -1.40. The molecule has 2 unspecified atom stereocenters. The molecule has 0 aliphatic rings. The van der Waals surface area contributed by atoms with Crippen LogP contribution in [-0.4, -0.2) is 47.4 Å². The molecule has 0 radical (unpaired) electrons. The van der Waals surface area contributed by atoms with E-state index in [0.29, 0.717) is 25.9 Å². The van der Waals surface area contributed by atoms with Gasteiger partial charge in [0.25, 0.3) is 0 Å². The summed E-state index contributed by atoms with van der Waals surface area (Å²) in [5.41, 5.74) is 0. The Labute approximate surface area is 539 Å². The van der Waals surface area contributed by atoms with E-state index < -0.39 is 12.1 Å². The molecule has 0 aliphatic heterocycles. The van der Waals surface area contributed by atoms with Crippen molar-refractivity contribution in [1.82, 2.24) is 5.32 Å². The highest BCUT2D eigenvalue weighted by Crippen LogP contribution is 2.20. The molecule has 0 aromatic heterocycles. The van der Waals surface area contributed by atoms with Crippen LogP contribution in [0.1, 0.15) is 463 Å². The fourth-order valence-electron chi connectivity index (χ4n) is 13.0. The highest BCUT2D eigenvalue weighted by molar-refractivity contribution is 5.76. The monoisotopic (exact) mass is 1210 g/mol. The summed E-state index contributed by atoms with van der Waals surface area (Å²) < 4.78 is 5.51. The second-order valence-corrected chi connectivity index (χ2v) is 27.8. The smallest absolute Gasteiger partial charge is 0.305 e. The van der Waals surface area contributed by atoms with E-state index in [-0.39, 0.29) is 18.5 Å². The Kier molecular flexibility index (Phi) is 74.8. The van der Waals surface area contributed by atoms with Crippen molar-refractivity contribution in [1.29, 1.82) is 0 Å². The number of amides is 1. The van der Waals surface area contributed by atoms with Crippen LogP contribution in [0.3, 0.4) is 0 Å². The van der Waals surface area contributed by atoms with Gasteiger partial charge in [-0.1, -0.05) is 411 Å². The molecule has 0 aliphatic carbocycles. The van der Waals surface area contributed by atoms with Crippen molar-refractivity contribution < 1.29 is 24.5 Å². The minimum Gasteiger partial charge on any atom is -0.466 e. The summed E-state index contributed by atoms with van der Waals surface area (Å²) in [6, 6.07) is -0.539. The Bertz CT molecular complexity index is 1300. The summed E-state index contributed by atoms with van der Waals surface area (Å²) in [4.78, 5) is 24.7. The molecule has 0 rings (SSSR count). The van der Waals surface area contributed by atoms with E-state index >= 15 is 0 Å². The van der Waals surface area contributed by atoms with Crippen molar-refractivity contribution in [3.05, 3.63) is 12.2 Å². The molecule has 0 saturated carbocycles. The molecule has 0 saturated heterocycles. The molecule has 0 aromatic carbocycles. The molecule has 2 atom stereocenters. The van der Waals surface area contributed by atoms with Gasteiger partial charge in [0.15, 0.2) is 0 Å². The fraction of sp³-hybridized carbons (Fsp3) is 0.950. The zero-order valence-electron chi connectivity index (χ0n) is 58.8. The van der Waals surface area contributed by atoms with Gasteiger partial charge >= 0.3 is 5.97 Å². The maximum atomic E-state index is 12.6. The number of aliphatic hydroxyl groups excluding tert-OH is 2. The second-order valence-electron chi connectivity index (χ2n) is 27.8. The Morgan fingerprint density at radius 3 is 0.826 bits per heavy atom. The predicted octanol–water partition coefficient (Wildman–Crippen LogP) is 26.3. The van der Waals surface area contributed by atoms with Crippen LogP contribution in [0.5, 0.6) is 0 Å². The molecular weight excluding hydrogens is 1050 g/mol. The molecule has 512 valence electrons. The number of hydrogen-bond acceptors (Lipinski definition) is 5. The number of ether oxygens (including phenoxy) is 1. The van der Waals surface area contributed by atoms with Crippen LogP contribution in [0.15, 0.2) is 12.2 Å². The zero-order chi connectivity index (χ0) is 62.0. The molecular formula is C80H157NO5. The molecule has 0 heterocycles. The highest BCUT2D eigenvalue weighted by Gasteiger charge is 2.20. The van der Waals surface area contributed by atoms with Crippen LogP contribution in [-0.2, 0) is 14.3 Å². The van der Waals surface area contributed by atoms with Crippen LogP contribution in [0.25, 0.3) is 0 Å². The highest BCUT2D eigenvalue weighted by atomic mass is 16.5. The van der Waals surface area contributed by atoms with Crippen molar-refractivity contribution in [2.45, 2.75) is 475 Å². The summed E-state index contributed by atoms with van der Waals surface area (Å²) in [6.07, 6.45) is 95.9. The number of hydrogen-bond donors (Lipinski definition) is 3. The standard InChI is InChI=1S/C80H157NO5/c1-3-5-7-9-11-13-15-17-19-20-21-35-38-41-45-48-52-56-60-64-68-72-78(83)77(76-82)81-79(84)73-69-65-61-57-53-49-46-42-39-36-33-31-29-27-25-23-22-24-26-28-30-32-34-37-40-43-47-51-55-59-63-67-71-75-86-80(85)74-70-66-62-58-54-50-44-18-16-14-12-10-8-6-4-2/h26,28,77-78,82-83H,3-25,27,29-76H2,1-2H3,(H,81,84)/b28-26-. The summed E-state index contributed by atoms with van der Waals surface area (Å²) in [6.45, 7) is 5.01. The SMILES string of the molecule is CCCCCCCCCCCCCCCCCCCCCCCC(O)C(CO)NC(=O)CCCCCCCCCCCCCCCCCCC/C=C\CCCCCCCCCCCCCCOC(=O)CCCCCCCCCCCCCCCCC. The van der Waals surface area contributed by atoms with E-state index in [0.717, 1.165) is 38.5 Å². The van der Waals surface area contributed by atoms with Crippen molar-refractivity contribution in [3.8, 4) is 0 Å². The fourth-order valence-corrected chi connectivity index (χ4v) is 13.0. The molecule has 1 amide bonds. The molecule has 0 spiro atoms. The average molecular weight is 1210 g/mol. The average Bonchev–Trinajstić information content (AvgIpc) is 3.52. The van der Waals surface area contributed by atoms with Crippen molar-refractivity contribution >= 4 is 11.9 Å². The summed E-state index contributed by atoms with van der Waals surface area (Å²) >= 11 is 0. The largest absolute Gasteiger partial charge is 0.466 e. The molecule has 6 nitrogen and oxygen atoms in total. The van der Waals surface area contributed by atoms with Crippen LogP contribution >= 0.6 is 0 Å². The van der Waals surface area contributed by atoms with Gasteiger partial charge in [-0.15, -0.1) is 0 Å². The third-order valence-electron chi connectivity index (χ3n) is 19.1. The van der Waals surface area contributed by atoms with Gasteiger partial charge in [0.2, 0.25) is 5.91 Å². The molecule has 6 heteroatoms. The third kappa shape index (κ3) is 71.7. The molecule has 0 bridgehead atoms. The number of esters is 1. The van der Waals surface area contributed by atoms with Gasteiger partial charge in [0.05, 0.1) is 25.4 Å². The van der Waals surface area contributed by atoms with Gasteiger partial charge in [-0.3, -0.25) is 9.59 Å². The predicted molar refractivity (Wildman–Crippen MR) is 380 cm³/mol. The lowest BCUT2D eigenvalue weighted by atomic mass is 10.0. The minimum atomic E-state index is -0.663. The number of carbonyl (C=O) groups excluding carboxylic acids is 2. The summed E-state index contributed by atoms with van der Waals surface area (Å²) in [5.74, 6) is -0.00328. The number of aliphatic hydroxyl groups is 2. The Morgan fingerprint density at radius 1 is 0.314 bits per heavy atom. The number of unbranched alkanes of at least 4 members (excludes halogenated alkanes) is 63. The number of rotatable bonds is 76. The number of nitrogens with one attached hydrogen (secondary N) is 1. The van der Waals surface area contributed by atoms with Crippen molar-refractivity contribution in [3.63, 3.8) is 0 Å². The van der Waals surface area contributed by atoms with E-state index in [1.165, 1.54) is 392 Å².